The van der Waals surface area contributed by atoms with Gasteiger partial charge in [-0.25, -0.2) is 9.98 Å². The number of rotatable bonds is 7. The third-order valence-electron chi connectivity index (χ3n) is 4.73. The summed E-state index contributed by atoms with van der Waals surface area (Å²) < 4.78 is 0. The van der Waals surface area contributed by atoms with E-state index in [2.05, 4.69) is 46.9 Å². The molecule has 0 amide bonds. The largest absolute Gasteiger partial charge is 0.357 e. The van der Waals surface area contributed by atoms with Gasteiger partial charge in [0, 0.05) is 30.1 Å². The molecule has 0 radical (unpaired) electrons. The summed E-state index contributed by atoms with van der Waals surface area (Å²) in [5.74, 6) is 0.879. The summed E-state index contributed by atoms with van der Waals surface area (Å²) >= 11 is 1.68. The Morgan fingerprint density at radius 3 is 2.88 bits per heavy atom. The first-order chi connectivity index (χ1) is 12.8. The summed E-state index contributed by atoms with van der Waals surface area (Å²) in [4.78, 5) is 12.0. The van der Waals surface area contributed by atoms with Crippen LogP contribution in [0.15, 0.2) is 40.7 Å². The van der Waals surface area contributed by atoms with Crippen LogP contribution in [0.1, 0.15) is 32.4 Å². The number of nitrogens with one attached hydrogen (secondary N) is 2. The molecule has 1 fully saturated rings. The lowest BCUT2D eigenvalue weighted by atomic mass is 10.2. The van der Waals surface area contributed by atoms with Crippen molar-refractivity contribution in [3.8, 4) is 10.6 Å². The Hall–Kier alpha value is -1.92. The summed E-state index contributed by atoms with van der Waals surface area (Å²) in [7, 11) is 0. The number of nitrogens with zero attached hydrogens (tertiary/aromatic N) is 3. The topological polar surface area (TPSA) is 52.6 Å². The molecule has 1 atom stereocenters. The first-order valence-corrected chi connectivity index (χ1v) is 10.4. The molecule has 1 aromatic heterocycles. The SMILES string of the molecule is CCNC(=NCc1csc(-c2ccccc2)n1)NCC1CCCN1CC. The molecule has 2 aromatic rings. The first kappa shape index (κ1) is 18.9. The monoisotopic (exact) mass is 371 g/mol. The second kappa shape index (κ2) is 9.69. The van der Waals surface area contributed by atoms with Crippen molar-refractivity contribution in [2.45, 2.75) is 39.3 Å². The van der Waals surface area contributed by atoms with Crippen LogP contribution in [0.5, 0.6) is 0 Å². The zero-order valence-electron chi connectivity index (χ0n) is 15.7. The van der Waals surface area contributed by atoms with Gasteiger partial charge in [-0.3, -0.25) is 4.90 Å². The maximum Gasteiger partial charge on any atom is 0.191 e. The highest BCUT2D eigenvalue weighted by Gasteiger charge is 2.22. The number of likely N-dealkylation sites (N-methyl/N-ethyl adjacent to an activating group) is 1. The van der Waals surface area contributed by atoms with Gasteiger partial charge < -0.3 is 10.6 Å². The van der Waals surface area contributed by atoms with E-state index < -0.39 is 0 Å². The van der Waals surface area contributed by atoms with Crippen molar-refractivity contribution in [1.29, 1.82) is 0 Å². The number of benzene rings is 1. The highest BCUT2D eigenvalue weighted by atomic mass is 32.1. The van der Waals surface area contributed by atoms with Gasteiger partial charge in [-0.05, 0) is 32.9 Å². The Kier molecular flexibility index (Phi) is 7.03. The Morgan fingerprint density at radius 1 is 1.27 bits per heavy atom. The minimum atomic E-state index is 0.598. The highest BCUT2D eigenvalue weighted by molar-refractivity contribution is 7.13. The summed E-state index contributed by atoms with van der Waals surface area (Å²) in [6, 6.07) is 10.9. The second-order valence-corrected chi connectivity index (χ2v) is 7.37. The fourth-order valence-corrected chi connectivity index (χ4v) is 4.17. The van der Waals surface area contributed by atoms with Gasteiger partial charge >= 0.3 is 0 Å². The number of aromatic nitrogens is 1. The van der Waals surface area contributed by atoms with E-state index in [1.807, 2.05) is 18.2 Å². The first-order valence-electron chi connectivity index (χ1n) is 9.56. The van der Waals surface area contributed by atoms with Crippen LogP contribution in [0.25, 0.3) is 10.6 Å². The molecule has 26 heavy (non-hydrogen) atoms. The van der Waals surface area contributed by atoms with Crippen LogP contribution in [-0.2, 0) is 6.54 Å². The quantitative estimate of drug-likeness (QED) is 0.579. The molecule has 5 nitrogen and oxygen atoms in total. The predicted molar refractivity (Wildman–Crippen MR) is 111 cm³/mol. The maximum atomic E-state index is 4.72. The fraction of sp³-hybridized carbons (Fsp3) is 0.500. The van der Waals surface area contributed by atoms with Crippen LogP contribution in [0.4, 0.5) is 0 Å². The molecule has 1 aliphatic heterocycles. The van der Waals surface area contributed by atoms with E-state index >= 15 is 0 Å². The Morgan fingerprint density at radius 2 is 2.12 bits per heavy atom. The zero-order valence-corrected chi connectivity index (χ0v) is 16.6. The van der Waals surface area contributed by atoms with Gasteiger partial charge in [-0.15, -0.1) is 11.3 Å². The molecular weight excluding hydrogens is 342 g/mol. The van der Waals surface area contributed by atoms with Gasteiger partial charge in [0.2, 0.25) is 0 Å². The van der Waals surface area contributed by atoms with Crippen LogP contribution in [0.2, 0.25) is 0 Å². The molecule has 1 unspecified atom stereocenters. The minimum Gasteiger partial charge on any atom is -0.357 e. The molecule has 1 aromatic carbocycles. The summed E-state index contributed by atoms with van der Waals surface area (Å²) in [6.45, 7) is 9.09. The van der Waals surface area contributed by atoms with Crippen molar-refractivity contribution in [2.75, 3.05) is 26.2 Å². The summed E-state index contributed by atoms with van der Waals surface area (Å²) in [6.07, 6.45) is 2.57. The van der Waals surface area contributed by atoms with Crippen molar-refractivity contribution in [3.63, 3.8) is 0 Å². The van der Waals surface area contributed by atoms with E-state index in [9.17, 15) is 0 Å². The van der Waals surface area contributed by atoms with E-state index in [0.29, 0.717) is 12.6 Å². The number of hydrogen-bond donors (Lipinski definition) is 2. The number of hydrogen-bond acceptors (Lipinski definition) is 4. The molecule has 2 N–H and O–H groups in total. The molecule has 6 heteroatoms. The van der Waals surface area contributed by atoms with E-state index in [0.717, 1.165) is 36.3 Å². The molecule has 140 valence electrons. The third-order valence-corrected chi connectivity index (χ3v) is 5.67. The maximum absolute atomic E-state index is 4.72. The molecule has 0 bridgehead atoms. The Bertz CT molecular complexity index is 697. The lowest BCUT2D eigenvalue weighted by Crippen LogP contribution is -2.44. The van der Waals surface area contributed by atoms with E-state index in [1.54, 1.807) is 11.3 Å². The normalized spacial score (nSPS) is 18.2. The van der Waals surface area contributed by atoms with Gasteiger partial charge in [0.15, 0.2) is 5.96 Å². The van der Waals surface area contributed by atoms with Crippen LogP contribution in [0.3, 0.4) is 0 Å². The lowest BCUT2D eigenvalue weighted by Gasteiger charge is -2.23. The van der Waals surface area contributed by atoms with Gasteiger partial charge in [0.25, 0.3) is 0 Å². The molecule has 2 heterocycles. The number of likely N-dealkylation sites (tertiary alicyclic amines) is 1. The average Bonchev–Trinajstić information content (AvgIpc) is 3.34. The molecule has 3 rings (SSSR count). The third kappa shape index (κ3) is 5.05. The van der Waals surface area contributed by atoms with E-state index in [-0.39, 0.29) is 0 Å². The van der Waals surface area contributed by atoms with E-state index in [1.165, 1.54) is 24.9 Å². The Balaban J connectivity index is 1.58. The van der Waals surface area contributed by atoms with Crippen LogP contribution < -0.4 is 10.6 Å². The predicted octanol–water partition coefficient (Wildman–Crippen LogP) is 3.35. The van der Waals surface area contributed by atoms with Gasteiger partial charge in [0.05, 0.1) is 12.2 Å². The average molecular weight is 372 g/mol. The number of aliphatic imine (C=N–C) groups is 1. The van der Waals surface area contributed by atoms with Crippen molar-refractivity contribution < 1.29 is 0 Å². The zero-order chi connectivity index (χ0) is 18.2. The van der Waals surface area contributed by atoms with Gasteiger partial charge in [-0.2, -0.15) is 0 Å². The van der Waals surface area contributed by atoms with Crippen molar-refractivity contribution in [2.24, 2.45) is 4.99 Å². The fourth-order valence-electron chi connectivity index (χ4n) is 3.35. The Labute approximate surface area is 160 Å². The van der Waals surface area contributed by atoms with Crippen molar-refractivity contribution in [3.05, 3.63) is 41.4 Å². The smallest absolute Gasteiger partial charge is 0.191 e. The van der Waals surface area contributed by atoms with Crippen molar-refractivity contribution >= 4 is 17.3 Å². The van der Waals surface area contributed by atoms with Crippen molar-refractivity contribution in [1.82, 2.24) is 20.5 Å². The van der Waals surface area contributed by atoms with Gasteiger partial charge in [0.1, 0.15) is 5.01 Å². The van der Waals surface area contributed by atoms with Crippen LogP contribution >= 0.6 is 11.3 Å². The number of guanidine groups is 1. The molecule has 1 saturated heterocycles. The lowest BCUT2D eigenvalue weighted by molar-refractivity contribution is 0.267. The van der Waals surface area contributed by atoms with Crippen LogP contribution in [-0.4, -0.2) is 48.1 Å². The molecule has 0 saturated carbocycles. The molecule has 1 aliphatic rings. The second-order valence-electron chi connectivity index (χ2n) is 6.51. The standard InChI is InChI=1S/C20H29N5S/c1-3-21-20(23-14-18-11-8-12-25(18)4-2)22-13-17-15-26-19(24-17)16-9-6-5-7-10-16/h5-7,9-10,15,18H,3-4,8,11-14H2,1-2H3,(H2,21,22,23). The van der Waals surface area contributed by atoms with E-state index in [4.69, 9.17) is 9.98 Å². The molecular formula is C20H29N5S. The van der Waals surface area contributed by atoms with Crippen LogP contribution in [0, 0.1) is 0 Å². The minimum absolute atomic E-state index is 0.598. The summed E-state index contributed by atoms with van der Waals surface area (Å²) in [5, 5.41) is 10.0. The van der Waals surface area contributed by atoms with Gasteiger partial charge in [-0.1, -0.05) is 37.3 Å². The molecule has 0 spiro atoms. The molecule has 0 aliphatic carbocycles. The summed E-state index contributed by atoms with van der Waals surface area (Å²) in [5.41, 5.74) is 2.18. The highest BCUT2D eigenvalue weighted by Crippen LogP contribution is 2.23. The number of thiazole rings is 1.